The second kappa shape index (κ2) is 6.51. The van der Waals surface area contributed by atoms with E-state index in [-0.39, 0.29) is 12.1 Å². The van der Waals surface area contributed by atoms with E-state index >= 15 is 0 Å². The third kappa shape index (κ3) is 2.99. The summed E-state index contributed by atoms with van der Waals surface area (Å²) in [5.41, 5.74) is 1.35. The van der Waals surface area contributed by atoms with Gasteiger partial charge in [0.1, 0.15) is 0 Å². The molecule has 1 N–H and O–H groups in total. The highest BCUT2D eigenvalue weighted by Crippen LogP contribution is 2.33. The predicted molar refractivity (Wildman–Crippen MR) is 83.9 cm³/mol. The molecule has 0 saturated heterocycles. The number of ether oxygens (including phenoxy) is 1. The van der Waals surface area contributed by atoms with Crippen LogP contribution in [0.5, 0.6) is 0 Å². The standard InChI is InChI=1S/C16H23NOS/c1-5-18-15(11(2)3)14(17-4)13-8-6-7-12-9-10-19-16(12)13/h6-11,14-15,17H,5H2,1-4H3. The van der Waals surface area contributed by atoms with E-state index in [2.05, 4.69) is 55.7 Å². The Morgan fingerprint density at radius 1 is 1.26 bits per heavy atom. The molecule has 1 aromatic heterocycles. The Kier molecular flexibility index (Phi) is 4.97. The van der Waals surface area contributed by atoms with E-state index in [9.17, 15) is 0 Å². The van der Waals surface area contributed by atoms with Gasteiger partial charge in [-0.05, 0) is 42.3 Å². The molecule has 2 nitrogen and oxygen atoms in total. The van der Waals surface area contributed by atoms with Gasteiger partial charge in [0.05, 0.1) is 12.1 Å². The summed E-state index contributed by atoms with van der Waals surface area (Å²) in [6.07, 6.45) is 0.197. The number of hydrogen-bond acceptors (Lipinski definition) is 3. The minimum atomic E-state index is 0.197. The van der Waals surface area contributed by atoms with Crippen molar-refractivity contribution in [3.05, 3.63) is 35.2 Å². The predicted octanol–water partition coefficient (Wildman–Crippen LogP) is 4.22. The van der Waals surface area contributed by atoms with Crippen LogP contribution in [0.4, 0.5) is 0 Å². The molecule has 1 heterocycles. The van der Waals surface area contributed by atoms with Gasteiger partial charge in [-0.3, -0.25) is 0 Å². The first-order chi connectivity index (χ1) is 9.19. The van der Waals surface area contributed by atoms with Crippen molar-refractivity contribution in [2.24, 2.45) is 5.92 Å². The molecule has 0 aliphatic carbocycles. The number of likely N-dealkylation sites (N-methyl/N-ethyl adjacent to an activating group) is 1. The van der Waals surface area contributed by atoms with Crippen LogP contribution in [-0.4, -0.2) is 19.8 Å². The van der Waals surface area contributed by atoms with Crippen LogP contribution in [0.1, 0.15) is 32.4 Å². The summed E-state index contributed by atoms with van der Waals surface area (Å²) in [4.78, 5) is 0. The van der Waals surface area contributed by atoms with E-state index < -0.39 is 0 Å². The molecule has 0 radical (unpaired) electrons. The SMILES string of the molecule is CCOC(C(C)C)C(NC)c1cccc2ccsc12. The zero-order valence-corrected chi connectivity index (χ0v) is 13.0. The summed E-state index contributed by atoms with van der Waals surface area (Å²) >= 11 is 1.81. The summed E-state index contributed by atoms with van der Waals surface area (Å²) in [7, 11) is 2.02. The molecule has 104 valence electrons. The maximum absolute atomic E-state index is 5.98. The fraction of sp³-hybridized carbons (Fsp3) is 0.500. The van der Waals surface area contributed by atoms with E-state index in [1.54, 1.807) is 0 Å². The topological polar surface area (TPSA) is 21.3 Å². The zero-order chi connectivity index (χ0) is 13.8. The van der Waals surface area contributed by atoms with Crippen molar-refractivity contribution in [2.75, 3.05) is 13.7 Å². The lowest BCUT2D eigenvalue weighted by molar-refractivity contribution is 0.00497. The van der Waals surface area contributed by atoms with Crippen LogP contribution in [0.15, 0.2) is 29.6 Å². The van der Waals surface area contributed by atoms with Gasteiger partial charge in [0.2, 0.25) is 0 Å². The van der Waals surface area contributed by atoms with Gasteiger partial charge in [-0.1, -0.05) is 32.0 Å². The second-order valence-electron chi connectivity index (χ2n) is 5.12. The van der Waals surface area contributed by atoms with Crippen LogP contribution in [-0.2, 0) is 4.74 Å². The van der Waals surface area contributed by atoms with Gasteiger partial charge < -0.3 is 10.1 Å². The Labute approximate surface area is 119 Å². The first kappa shape index (κ1) is 14.5. The van der Waals surface area contributed by atoms with Crippen LogP contribution < -0.4 is 5.32 Å². The molecule has 0 bridgehead atoms. The molecule has 0 amide bonds. The Morgan fingerprint density at radius 2 is 2.05 bits per heavy atom. The third-order valence-corrected chi connectivity index (χ3v) is 4.48. The molecular weight excluding hydrogens is 254 g/mol. The lowest BCUT2D eigenvalue weighted by Crippen LogP contribution is -2.35. The number of nitrogens with one attached hydrogen (secondary N) is 1. The Bertz CT molecular complexity index is 520. The number of thiophene rings is 1. The van der Waals surface area contributed by atoms with Gasteiger partial charge >= 0.3 is 0 Å². The van der Waals surface area contributed by atoms with Crippen molar-refractivity contribution >= 4 is 21.4 Å². The molecule has 0 aliphatic heterocycles. The third-order valence-electron chi connectivity index (χ3n) is 3.50. The molecule has 19 heavy (non-hydrogen) atoms. The number of fused-ring (bicyclic) bond motifs is 1. The number of hydrogen-bond donors (Lipinski definition) is 1. The monoisotopic (exact) mass is 277 g/mol. The van der Waals surface area contributed by atoms with Crippen molar-refractivity contribution in [1.82, 2.24) is 5.32 Å². The van der Waals surface area contributed by atoms with Crippen LogP contribution in [0, 0.1) is 5.92 Å². The normalized spacial score (nSPS) is 15.0. The minimum absolute atomic E-state index is 0.197. The highest BCUT2D eigenvalue weighted by molar-refractivity contribution is 7.17. The Hall–Kier alpha value is -0.900. The Balaban J connectivity index is 2.42. The molecular formula is C16H23NOS. The molecule has 0 aliphatic rings. The molecule has 2 atom stereocenters. The Morgan fingerprint density at radius 3 is 2.68 bits per heavy atom. The van der Waals surface area contributed by atoms with Crippen molar-refractivity contribution in [2.45, 2.75) is 32.9 Å². The van der Waals surface area contributed by atoms with Crippen molar-refractivity contribution in [3.63, 3.8) is 0 Å². The van der Waals surface area contributed by atoms with Gasteiger partial charge in [0.25, 0.3) is 0 Å². The van der Waals surface area contributed by atoms with Gasteiger partial charge in [-0.2, -0.15) is 0 Å². The molecule has 0 saturated carbocycles. The molecule has 2 aromatic rings. The van der Waals surface area contributed by atoms with E-state index in [0.717, 1.165) is 6.61 Å². The maximum atomic E-state index is 5.98. The molecule has 3 heteroatoms. The van der Waals surface area contributed by atoms with Gasteiger partial charge in [-0.25, -0.2) is 0 Å². The first-order valence-electron chi connectivity index (χ1n) is 6.94. The van der Waals surface area contributed by atoms with Crippen molar-refractivity contribution in [1.29, 1.82) is 0 Å². The largest absolute Gasteiger partial charge is 0.376 e. The van der Waals surface area contributed by atoms with Gasteiger partial charge in [-0.15, -0.1) is 11.3 Å². The summed E-state index contributed by atoms with van der Waals surface area (Å²) < 4.78 is 7.35. The molecule has 2 unspecified atom stereocenters. The van der Waals surface area contributed by atoms with E-state index in [0.29, 0.717) is 5.92 Å². The molecule has 1 aromatic carbocycles. The summed E-state index contributed by atoms with van der Waals surface area (Å²) in [6, 6.07) is 8.95. The second-order valence-corrected chi connectivity index (χ2v) is 6.03. The molecule has 0 spiro atoms. The van der Waals surface area contributed by atoms with Gasteiger partial charge in [0, 0.05) is 11.3 Å². The van der Waals surface area contributed by atoms with E-state index in [1.807, 2.05) is 18.4 Å². The highest BCUT2D eigenvalue weighted by Gasteiger charge is 2.26. The average Bonchev–Trinajstić information content (AvgIpc) is 2.87. The van der Waals surface area contributed by atoms with E-state index in [1.165, 1.54) is 15.6 Å². The van der Waals surface area contributed by atoms with Crippen molar-refractivity contribution in [3.8, 4) is 0 Å². The summed E-state index contributed by atoms with van der Waals surface area (Å²) in [6.45, 7) is 7.26. The molecule has 0 fully saturated rings. The first-order valence-corrected chi connectivity index (χ1v) is 7.82. The lowest BCUT2D eigenvalue weighted by Gasteiger charge is -2.30. The lowest BCUT2D eigenvalue weighted by atomic mass is 9.93. The summed E-state index contributed by atoms with van der Waals surface area (Å²) in [5.74, 6) is 0.479. The quantitative estimate of drug-likeness (QED) is 0.853. The fourth-order valence-corrected chi connectivity index (χ4v) is 3.58. The highest BCUT2D eigenvalue weighted by atomic mass is 32.1. The average molecular weight is 277 g/mol. The van der Waals surface area contributed by atoms with Crippen LogP contribution in [0.3, 0.4) is 0 Å². The van der Waals surface area contributed by atoms with E-state index in [4.69, 9.17) is 4.74 Å². The minimum Gasteiger partial charge on any atom is -0.376 e. The van der Waals surface area contributed by atoms with Gasteiger partial charge in [0.15, 0.2) is 0 Å². The van der Waals surface area contributed by atoms with Crippen molar-refractivity contribution < 1.29 is 4.74 Å². The molecule has 2 rings (SSSR count). The number of rotatable bonds is 6. The smallest absolute Gasteiger partial charge is 0.0792 e. The maximum Gasteiger partial charge on any atom is 0.0792 e. The fourth-order valence-electron chi connectivity index (χ4n) is 2.62. The zero-order valence-electron chi connectivity index (χ0n) is 12.1. The van der Waals surface area contributed by atoms with Crippen LogP contribution >= 0.6 is 11.3 Å². The number of benzene rings is 1. The van der Waals surface area contributed by atoms with Crippen LogP contribution in [0.2, 0.25) is 0 Å². The summed E-state index contributed by atoms with van der Waals surface area (Å²) in [5, 5.41) is 6.93. The van der Waals surface area contributed by atoms with Crippen LogP contribution in [0.25, 0.3) is 10.1 Å².